The van der Waals surface area contributed by atoms with E-state index in [4.69, 9.17) is 15.7 Å². The van der Waals surface area contributed by atoms with Gasteiger partial charge in [-0.1, -0.05) is 60.7 Å². The number of carbonyl (C=O) groups is 2. The molecule has 362 valence electrons. The number of likely N-dealkylation sites (tertiary alicyclic amines) is 2. The quantitative estimate of drug-likeness (QED) is 0.189. The zero-order valence-electron chi connectivity index (χ0n) is 39.5. The van der Waals surface area contributed by atoms with E-state index in [0.29, 0.717) is 46.8 Å². The van der Waals surface area contributed by atoms with E-state index in [1.54, 1.807) is 47.1 Å². The molecule has 0 spiro atoms. The van der Waals surface area contributed by atoms with Gasteiger partial charge in [-0.25, -0.2) is 43.3 Å². The van der Waals surface area contributed by atoms with Crippen LogP contribution in [0.1, 0.15) is 39.5 Å². The molecule has 22 nitrogen and oxygen atoms in total. The van der Waals surface area contributed by atoms with E-state index in [2.05, 4.69) is 45.4 Å². The number of hydrogen-bond donors (Lipinski definition) is 2. The number of nitrogens with two attached hydrogens (primary N) is 1. The molecule has 70 heavy (non-hydrogen) atoms. The summed E-state index contributed by atoms with van der Waals surface area (Å²) in [5.74, 6) is 2.95. The maximum Gasteiger partial charge on any atom is 0.248 e. The second kappa shape index (κ2) is 21.5. The number of benzene rings is 2. The molecule has 8 heterocycles. The van der Waals surface area contributed by atoms with Gasteiger partial charge in [-0.3, -0.25) is 19.4 Å². The van der Waals surface area contributed by atoms with Crippen molar-refractivity contribution in [1.82, 2.24) is 68.9 Å². The number of rotatable bonds is 9. The molecule has 0 unspecified atom stereocenters. The van der Waals surface area contributed by atoms with Gasteiger partial charge in [-0.15, -0.1) is 0 Å². The first-order valence-electron chi connectivity index (χ1n) is 22.6. The molecule has 2 aliphatic heterocycles. The van der Waals surface area contributed by atoms with Gasteiger partial charge in [0.05, 0.1) is 11.4 Å². The van der Waals surface area contributed by atoms with Crippen LogP contribution < -0.4 is 20.9 Å². The average molecular weight is 967 g/mol. The van der Waals surface area contributed by atoms with Gasteiger partial charge in [0.15, 0.2) is 11.3 Å². The second-order valence-corrected chi connectivity index (χ2v) is 18.7. The van der Waals surface area contributed by atoms with Crippen LogP contribution in [0.5, 0.6) is 0 Å². The van der Waals surface area contributed by atoms with Crippen molar-refractivity contribution in [2.24, 2.45) is 5.73 Å². The van der Waals surface area contributed by atoms with E-state index in [9.17, 15) is 18.0 Å². The highest BCUT2D eigenvalue weighted by molar-refractivity contribution is 7.90. The lowest BCUT2D eigenvalue weighted by molar-refractivity contribution is -0.130. The molecule has 0 aliphatic carbocycles. The second-order valence-electron chi connectivity index (χ2n) is 16.8. The van der Waals surface area contributed by atoms with Gasteiger partial charge in [0.25, 0.3) is 0 Å². The third-order valence-corrected chi connectivity index (χ3v) is 12.6. The van der Waals surface area contributed by atoms with Crippen LogP contribution in [0.4, 0.5) is 29.5 Å². The Kier molecular flexibility index (Phi) is 14.9. The van der Waals surface area contributed by atoms with Crippen LogP contribution in [-0.4, -0.2) is 148 Å². The van der Waals surface area contributed by atoms with E-state index in [1.807, 2.05) is 101 Å². The van der Waals surface area contributed by atoms with Crippen LogP contribution in [0.15, 0.2) is 115 Å². The average Bonchev–Trinajstić information content (AvgIpc) is 4.07. The van der Waals surface area contributed by atoms with Gasteiger partial charge in [0.1, 0.15) is 24.3 Å². The fourth-order valence-corrected chi connectivity index (χ4v) is 8.33. The van der Waals surface area contributed by atoms with E-state index in [0.717, 1.165) is 80.6 Å². The van der Waals surface area contributed by atoms with Crippen LogP contribution in [0.3, 0.4) is 0 Å². The number of sulfone groups is 1. The van der Waals surface area contributed by atoms with Gasteiger partial charge in [-0.2, -0.15) is 24.2 Å². The summed E-state index contributed by atoms with van der Waals surface area (Å²) in [5.41, 5.74) is 10.4. The number of amides is 2. The van der Waals surface area contributed by atoms with E-state index < -0.39 is 9.84 Å². The monoisotopic (exact) mass is 966 g/mol. The number of nitrogens with zero attached hydrogens (tertiary/aromatic N) is 16. The summed E-state index contributed by atoms with van der Waals surface area (Å²) in [6.07, 6.45) is 10.8. The number of nitrogens with one attached hydrogen (secondary N) is 1. The molecule has 23 heteroatoms. The molecule has 3 N–H and O–H groups in total. The lowest BCUT2D eigenvalue weighted by atomic mass is 10.1. The molecule has 0 bridgehead atoms. The van der Waals surface area contributed by atoms with Crippen LogP contribution in [-0.2, 0) is 19.4 Å². The maximum absolute atomic E-state index is 11.8. The topological polar surface area (TPSA) is 257 Å². The number of aromatic nitrogens is 12. The van der Waals surface area contributed by atoms with Crippen LogP contribution in [0.25, 0.3) is 33.8 Å². The molecule has 0 saturated carbocycles. The molecule has 2 aromatic carbocycles. The Bertz CT molecular complexity index is 3180. The number of piperidine rings is 2. The Balaban J connectivity index is 0.000000160. The molecule has 10 rings (SSSR count). The number of hydrogen-bond acceptors (Lipinski definition) is 18. The fourth-order valence-electron chi connectivity index (χ4n) is 7.82. The molecule has 0 atom stereocenters. The van der Waals surface area contributed by atoms with Gasteiger partial charge in [0, 0.05) is 108 Å². The summed E-state index contributed by atoms with van der Waals surface area (Å²) >= 11 is 0. The molecule has 2 aliphatic rings. The highest BCUT2D eigenvalue weighted by Crippen LogP contribution is 2.28. The summed E-state index contributed by atoms with van der Waals surface area (Å²) in [4.78, 5) is 64.8. The van der Waals surface area contributed by atoms with Crippen molar-refractivity contribution >= 4 is 62.4 Å². The zero-order chi connectivity index (χ0) is 49.4. The van der Waals surface area contributed by atoms with Crippen LogP contribution in [0, 0.1) is 0 Å². The zero-order valence-corrected chi connectivity index (χ0v) is 40.3. The van der Waals surface area contributed by atoms with Crippen molar-refractivity contribution in [2.75, 3.05) is 61.6 Å². The highest BCUT2D eigenvalue weighted by Gasteiger charge is 2.23. The first kappa shape index (κ1) is 48.4. The Morgan fingerprint density at radius 2 is 1.09 bits per heavy atom. The Labute approximate surface area is 404 Å². The van der Waals surface area contributed by atoms with Crippen molar-refractivity contribution in [1.29, 1.82) is 0 Å². The maximum atomic E-state index is 11.8. The normalized spacial score (nSPS) is 14.3. The standard InChI is InChI=1S/C23H25N9O.C17H15N7O2S.C7H14N2O/c1-16(33)31-12-9-18(10-13-31)27-22-24-11-8-20(29-22)30(2)23-28-19(17-6-4-3-5-7-17)14-21-25-15-26-32(21)23;1-23(14-8-9-18-16(22-14)27(2,25)26)17-21-13(12-6-4-3-5-7-12)10-15-19-11-20-24(15)17;1-6(10)9-4-2-7(8)3-5-9/h3-8,11,14-15,18H,9-10,12-13H2,1-2H3,(H,24,27,29);3-11H,1-2H3;7H,2-5,8H2,1H3. The summed E-state index contributed by atoms with van der Waals surface area (Å²) < 4.78 is 26.8. The van der Waals surface area contributed by atoms with Gasteiger partial charge < -0.3 is 20.9 Å². The summed E-state index contributed by atoms with van der Waals surface area (Å²) in [6, 6.07) is 27.4. The molecule has 2 fully saturated rings. The Morgan fingerprint density at radius 3 is 1.56 bits per heavy atom. The highest BCUT2D eigenvalue weighted by atomic mass is 32.2. The van der Waals surface area contributed by atoms with Crippen LogP contribution in [0.2, 0.25) is 0 Å². The Hall–Kier alpha value is -8.05. The lowest BCUT2D eigenvalue weighted by Crippen LogP contribution is -2.41. The number of carbonyl (C=O) groups excluding carboxylic acids is 2. The molecule has 2 saturated heterocycles. The summed E-state index contributed by atoms with van der Waals surface area (Å²) in [5, 5.41) is 11.7. The Morgan fingerprint density at radius 1 is 0.629 bits per heavy atom. The smallest absolute Gasteiger partial charge is 0.248 e. The van der Waals surface area contributed by atoms with E-state index in [-0.39, 0.29) is 23.0 Å². The minimum absolute atomic E-state index is 0.123. The minimum Gasteiger partial charge on any atom is -0.351 e. The molecule has 6 aromatic heterocycles. The first-order valence-corrected chi connectivity index (χ1v) is 24.5. The van der Waals surface area contributed by atoms with E-state index in [1.165, 1.54) is 18.9 Å². The molecule has 2 amide bonds. The summed E-state index contributed by atoms with van der Waals surface area (Å²) in [7, 11) is 0.0994. The van der Waals surface area contributed by atoms with Crippen molar-refractivity contribution in [2.45, 2.75) is 56.8 Å². The van der Waals surface area contributed by atoms with Crippen LogP contribution >= 0.6 is 0 Å². The number of fused-ring (bicyclic) bond motifs is 2. The third-order valence-electron chi connectivity index (χ3n) is 11.8. The predicted octanol–water partition coefficient (Wildman–Crippen LogP) is 4.48. The van der Waals surface area contributed by atoms with Crippen molar-refractivity contribution < 1.29 is 18.0 Å². The first-order chi connectivity index (χ1) is 33.7. The minimum atomic E-state index is -3.53. The summed E-state index contributed by atoms with van der Waals surface area (Å²) in [6.45, 7) is 6.40. The number of anilines is 5. The van der Waals surface area contributed by atoms with Crippen molar-refractivity contribution in [3.05, 3.63) is 110 Å². The van der Waals surface area contributed by atoms with Gasteiger partial charge in [0.2, 0.25) is 44.7 Å². The fraction of sp³-hybridized carbons (Fsp3) is 0.319. The molecule has 8 aromatic rings. The van der Waals surface area contributed by atoms with Crippen molar-refractivity contribution in [3.8, 4) is 22.5 Å². The molecular formula is C47H54N18O4S. The SMILES string of the molecule is CC(=O)N1CCC(N)CC1.CC(=O)N1CCC(Nc2nccc(N(C)c3nc(-c4ccccc4)cc4ncnn34)n2)CC1.CN(c1ccnc(S(C)(=O)=O)n1)c1nc(-c2ccccc2)cc2ncnn12. The third kappa shape index (κ3) is 11.6. The molecular weight excluding hydrogens is 913 g/mol. The predicted molar refractivity (Wildman–Crippen MR) is 264 cm³/mol. The van der Waals surface area contributed by atoms with Gasteiger partial charge in [-0.05, 0) is 37.8 Å². The molecule has 0 radical (unpaired) electrons. The van der Waals surface area contributed by atoms with E-state index >= 15 is 0 Å². The lowest BCUT2D eigenvalue weighted by Gasteiger charge is -2.31. The largest absolute Gasteiger partial charge is 0.351 e. The van der Waals surface area contributed by atoms with Crippen molar-refractivity contribution in [3.63, 3.8) is 0 Å². The van der Waals surface area contributed by atoms with Gasteiger partial charge >= 0.3 is 0 Å².